The van der Waals surface area contributed by atoms with Crippen molar-refractivity contribution in [2.75, 3.05) is 38.6 Å². The fraction of sp³-hybridized carbons (Fsp3) is 0.316. The van der Waals surface area contributed by atoms with Crippen molar-refractivity contribution in [3.05, 3.63) is 59.1 Å². The molecule has 1 N–H and O–H groups in total. The van der Waals surface area contributed by atoms with E-state index in [2.05, 4.69) is 21.2 Å². The van der Waals surface area contributed by atoms with Crippen LogP contribution in [0.5, 0.6) is 5.75 Å². The zero-order valence-electron chi connectivity index (χ0n) is 14.2. The molecular formula is C19H22ClN3OS. The third kappa shape index (κ3) is 5.08. The topological polar surface area (TPSA) is 27.7 Å². The smallest absolute Gasteiger partial charge is 0.173 e. The Morgan fingerprint density at radius 2 is 1.88 bits per heavy atom. The van der Waals surface area contributed by atoms with Gasteiger partial charge in [0, 0.05) is 49.5 Å². The van der Waals surface area contributed by atoms with E-state index in [-0.39, 0.29) is 0 Å². The number of thiocarbonyl (C=S) groups is 1. The maximum absolute atomic E-state index is 6.06. The summed E-state index contributed by atoms with van der Waals surface area (Å²) in [5.41, 5.74) is 2.20. The van der Waals surface area contributed by atoms with Gasteiger partial charge in [0.2, 0.25) is 0 Å². The number of methoxy groups -OCH3 is 1. The molecule has 6 heteroatoms. The number of nitrogens with zero attached hydrogens (tertiary/aromatic N) is 2. The predicted molar refractivity (Wildman–Crippen MR) is 108 cm³/mol. The second-order valence-corrected chi connectivity index (χ2v) is 6.88. The van der Waals surface area contributed by atoms with Crippen LogP contribution in [0.4, 0.5) is 5.69 Å². The Kier molecular flexibility index (Phi) is 6.13. The molecule has 2 aromatic carbocycles. The van der Waals surface area contributed by atoms with Gasteiger partial charge in [0.05, 0.1) is 7.11 Å². The average Bonchev–Trinajstić information content (AvgIpc) is 2.62. The van der Waals surface area contributed by atoms with Crippen molar-refractivity contribution in [2.24, 2.45) is 0 Å². The molecule has 0 saturated carbocycles. The first-order valence-electron chi connectivity index (χ1n) is 8.31. The SMILES string of the molecule is COc1cccc(NC(=S)N2CCN(Cc3cccc(Cl)c3)CC2)c1. The van der Waals surface area contributed by atoms with Crippen LogP contribution in [0.15, 0.2) is 48.5 Å². The molecule has 2 aromatic rings. The van der Waals surface area contributed by atoms with E-state index >= 15 is 0 Å². The van der Waals surface area contributed by atoms with Crippen molar-refractivity contribution in [3.63, 3.8) is 0 Å². The summed E-state index contributed by atoms with van der Waals surface area (Å²) >= 11 is 11.6. The summed E-state index contributed by atoms with van der Waals surface area (Å²) in [5, 5.41) is 4.85. The van der Waals surface area contributed by atoms with Gasteiger partial charge in [0.1, 0.15) is 5.75 Å². The molecule has 1 aliphatic rings. The molecule has 1 saturated heterocycles. The molecule has 0 bridgehead atoms. The summed E-state index contributed by atoms with van der Waals surface area (Å²) < 4.78 is 5.25. The van der Waals surface area contributed by atoms with Gasteiger partial charge in [-0.25, -0.2) is 0 Å². The molecular weight excluding hydrogens is 354 g/mol. The van der Waals surface area contributed by atoms with Gasteiger partial charge < -0.3 is 15.0 Å². The second-order valence-electron chi connectivity index (χ2n) is 6.06. The lowest BCUT2D eigenvalue weighted by atomic mass is 10.2. The van der Waals surface area contributed by atoms with Crippen LogP contribution >= 0.6 is 23.8 Å². The fourth-order valence-electron chi connectivity index (χ4n) is 2.91. The van der Waals surface area contributed by atoms with E-state index in [0.29, 0.717) is 0 Å². The van der Waals surface area contributed by atoms with Crippen molar-refractivity contribution >= 4 is 34.6 Å². The maximum Gasteiger partial charge on any atom is 0.173 e. The Morgan fingerprint density at radius 3 is 2.60 bits per heavy atom. The molecule has 0 unspecified atom stereocenters. The molecule has 3 rings (SSSR count). The van der Waals surface area contributed by atoms with Crippen molar-refractivity contribution in [1.82, 2.24) is 9.80 Å². The molecule has 0 aliphatic carbocycles. The molecule has 0 radical (unpaired) electrons. The molecule has 4 nitrogen and oxygen atoms in total. The summed E-state index contributed by atoms with van der Waals surface area (Å²) in [7, 11) is 1.66. The third-order valence-corrected chi connectivity index (χ3v) is 4.87. The zero-order chi connectivity index (χ0) is 17.6. The number of ether oxygens (including phenoxy) is 1. The Hall–Kier alpha value is -1.82. The largest absolute Gasteiger partial charge is 0.497 e. The number of benzene rings is 2. The third-order valence-electron chi connectivity index (χ3n) is 4.28. The Labute approximate surface area is 159 Å². The van der Waals surface area contributed by atoms with Crippen LogP contribution in [0, 0.1) is 0 Å². The van der Waals surface area contributed by atoms with Gasteiger partial charge in [-0.1, -0.05) is 29.8 Å². The Morgan fingerprint density at radius 1 is 1.12 bits per heavy atom. The lowest BCUT2D eigenvalue weighted by Gasteiger charge is -2.36. The molecule has 0 atom stereocenters. The van der Waals surface area contributed by atoms with Gasteiger partial charge >= 0.3 is 0 Å². The van der Waals surface area contributed by atoms with Gasteiger partial charge in [0.15, 0.2) is 5.11 Å². The highest BCUT2D eigenvalue weighted by Gasteiger charge is 2.19. The van der Waals surface area contributed by atoms with E-state index in [0.717, 1.165) is 54.3 Å². The average molecular weight is 376 g/mol. The van der Waals surface area contributed by atoms with E-state index in [1.807, 2.05) is 42.5 Å². The summed E-state index contributed by atoms with van der Waals surface area (Å²) in [6.45, 7) is 4.70. The molecule has 0 aromatic heterocycles. The molecule has 1 fully saturated rings. The van der Waals surface area contributed by atoms with E-state index in [1.165, 1.54) is 5.56 Å². The number of hydrogen-bond acceptors (Lipinski definition) is 3. The van der Waals surface area contributed by atoms with Crippen LogP contribution < -0.4 is 10.1 Å². The number of nitrogens with one attached hydrogen (secondary N) is 1. The van der Waals surface area contributed by atoms with Crippen LogP contribution in [0.25, 0.3) is 0 Å². The summed E-state index contributed by atoms with van der Waals surface area (Å²) in [6.07, 6.45) is 0. The van der Waals surface area contributed by atoms with Gasteiger partial charge in [-0.3, -0.25) is 4.90 Å². The first-order valence-corrected chi connectivity index (χ1v) is 9.09. The summed E-state index contributed by atoms with van der Waals surface area (Å²) in [4.78, 5) is 4.64. The lowest BCUT2D eigenvalue weighted by molar-refractivity contribution is 0.177. The normalized spacial score (nSPS) is 15.0. The van der Waals surface area contributed by atoms with Crippen LogP contribution in [-0.2, 0) is 6.54 Å². The van der Waals surface area contributed by atoms with E-state index < -0.39 is 0 Å². The van der Waals surface area contributed by atoms with Crippen LogP contribution in [0.1, 0.15) is 5.56 Å². The van der Waals surface area contributed by atoms with E-state index in [9.17, 15) is 0 Å². The minimum Gasteiger partial charge on any atom is -0.497 e. The van der Waals surface area contributed by atoms with Crippen molar-refractivity contribution < 1.29 is 4.74 Å². The van der Waals surface area contributed by atoms with E-state index in [4.69, 9.17) is 28.6 Å². The molecule has 0 spiro atoms. The molecule has 1 aliphatic heterocycles. The lowest BCUT2D eigenvalue weighted by Crippen LogP contribution is -2.49. The van der Waals surface area contributed by atoms with Crippen LogP contribution in [0.2, 0.25) is 5.02 Å². The van der Waals surface area contributed by atoms with Crippen LogP contribution in [-0.4, -0.2) is 48.2 Å². The van der Waals surface area contributed by atoms with Crippen molar-refractivity contribution in [2.45, 2.75) is 6.54 Å². The first kappa shape index (κ1) is 18.0. The number of hydrogen-bond donors (Lipinski definition) is 1. The number of rotatable bonds is 4. The fourth-order valence-corrected chi connectivity index (χ4v) is 3.42. The molecule has 25 heavy (non-hydrogen) atoms. The van der Waals surface area contributed by atoms with Gasteiger partial charge in [-0.2, -0.15) is 0 Å². The minimum atomic E-state index is 0.760. The number of halogens is 1. The van der Waals surface area contributed by atoms with Gasteiger partial charge in [0.25, 0.3) is 0 Å². The Balaban J connectivity index is 1.50. The zero-order valence-corrected chi connectivity index (χ0v) is 15.8. The van der Waals surface area contributed by atoms with Gasteiger partial charge in [-0.05, 0) is 42.0 Å². The maximum atomic E-state index is 6.06. The summed E-state index contributed by atoms with van der Waals surface area (Å²) in [6, 6.07) is 15.9. The number of anilines is 1. The van der Waals surface area contributed by atoms with Crippen LogP contribution in [0.3, 0.4) is 0 Å². The standard InChI is InChI=1S/C19H22ClN3OS/c1-24-18-7-3-6-17(13-18)21-19(25)23-10-8-22(9-11-23)14-15-4-2-5-16(20)12-15/h2-7,12-13H,8-11,14H2,1H3,(H,21,25). The number of piperazine rings is 1. The molecule has 1 heterocycles. The minimum absolute atomic E-state index is 0.760. The Bertz CT molecular complexity index is 732. The van der Waals surface area contributed by atoms with Gasteiger partial charge in [-0.15, -0.1) is 0 Å². The summed E-state index contributed by atoms with van der Waals surface area (Å²) in [5.74, 6) is 0.819. The highest BCUT2D eigenvalue weighted by molar-refractivity contribution is 7.80. The monoisotopic (exact) mass is 375 g/mol. The first-order chi connectivity index (χ1) is 12.1. The van der Waals surface area contributed by atoms with Crippen molar-refractivity contribution in [3.8, 4) is 5.75 Å². The highest BCUT2D eigenvalue weighted by Crippen LogP contribution is 2.18. The molecule has 132 valence electrons. The quantitative estimate of drug-likeness (QED) is 0.819. The predicted octanol–water partition coefficient (Wildman–Crippen LogP) is 3.86. The molecule has 0 amide bonds. The van der Waals surface area contributed by atoms with E-state index in [1.54, 1.807) is 7.11 Å². The van der Waals surface area contributed by atoms with Crippen molar-refractivity contribution in [1.29, 1.82) is 0 Å². The highest BCUT2D eigenvalue weighted by atomic mass is 35.5. The second kappa shape index (κ2) is 8.52.